The number of ether oxygens (including phenoxy) is 4. The molecule has 1 N–H and O–H groups in total. The Morgan fingerprint density at radius 2 is 2.10 bits per heavy atom. The van der Waals surface area contributed by atoms with E-state index in [4.69, 9.17) is 18.9 Å². The molecule has 0 spiro atoms. The zero-order chi connectivity index (χ0) is 15.9. The lowest BCUT2D eigenvalue weighted by atomic mass is 9.99. The maximum atomic E-state index is 9.38. The van der Waals surface area contributed by atoms with Crippen LogP contribution in [0, 0.1) is 0 Å². The van der Waals surface area contributed by atoms with Gasteiger partial charge in [0.25, 0.3) is 0 Å². The van der Waals surface area contributed by atoms with Crippen LogP contribution in [-0.4, -0.2) is 49.2 Å². The average molecular weight is 302 g/mol. The SMILES string of the molecule is C=CC[C@H](OCOC)[C@@H]1OC(C)(C)O[C@H]1CCC[C@@H](C)O. The van der Waals surface area contributed by atoms with Crippen molar-refractivity contribution in [2.24, 2.45) is 0 Å². The minimum Gasteiger partial charge on any atom is -0.393 e. The molecule has 124 valence electrons. The van der Waals surface area contributed by atoms with Gasteiger partial charge in [0.15, 0.2) is 5.79 Å². The molecule has 0 radical (unpaired) electrons. The van der Waals surface area contributed by atoms with Crippen LogP contribution >= 0.6 is 0 Å². The van der Waals surface area contributed by atoms with Gasteiger partial charge < -0.3 is 24.1 Å². The Hall–Kier alpha value is -0.460. The predicted octanol–water partition coefficient (Wildman–Crippen LogP) is 2.62. The van der Waals surface area contributed by atoms with Crippen molar-refractivity contribution < 1.29 is 24.1 Å². The Morgan fingerprint density at radius 3 is 2.67 bits per heavy atom. The maximum absolute atomic E-state index is 9.38. The van der Waals surface area contributed by atoms with Gasteiger partial charge in [-0.15, -0.1) is 6.58 Å². The molecular weight excluding hydrogens is 272 g/mol. The van der Waals surface area contributed by atoms with Crippen LogP contribution in [-0.2, 0) is 18.9 Å². The van der Waals surface area contributed by atoms with E-state index in [1.807, 2.05) is 19.9 Å². The van der Waals surface area contributed by atoms with Crippen molar-refractivity contribution in [3.05, 3.63) is 12.7 Å². The quantitative estimate of drug-likeness (QED) is 0.496. The summed E-state index contributed by atoms with van der Waals surface area (Å²) in [4.78, 5) is 0. The molecule has 5 heteroatoms. The second kappa shape index (κ2) is 8.86. The normalized spacial score (nSPS) is 27.5. The lowest BCUT2D eigenvalue weighted by Crippen LogP contribution is -2.37. The summed E-state index contributed by atoms with van der Waals surface area (Å²) in [6, 6.07) is 0. The first-order valence-corrected chi connectivity index (χ1v) is 7.64. The van der Waals surface area contributed by atoms with Crippen LogP contribution in [0.15, 0.2) is 12.7 Å². The number of aliphatic hydroxyl groups is 1. The molecule has 0 amide bonds. The summed E-state index contributed by atoms with van der Waals surface area (Å²) in [7, 11) is 1.60. The molecule has 5 nitrogen and oxygen atoms in total. The number of hydrogen-bond acceptors (Lipinski definition) is 5. The van der Waals surface area contributed by atoms with Gasteiger partial charge in [0, 0.05) is 7.11 Å². The van der Waals surface area contributed by atoms with E-state index in [9.17, 15) is 5.11 Å². The fourth-order valence-electron chi connectivity index (χ4n) is 2.63. The van der Waals surface area contributed by atoms with Crippen LogP contribution in [0.4, 0.5) is 0 Å². The topological polar surface area (TPSA) is 57.2 Å². The first-order valence-electron chi connectivity index (χ1n) is 7.64. The van der Waals surface area contributed by atoms with Gasteiger partial charge in [0.1, 0.15) is 12.9 Å². The summed E-state index contributed by atoms with van der Waals surface area (Å²) in [6.45, 7) is 9.62. The van der Waals surface area contributed by atoms with E-state index in [1.165, 1.54) is 0 Å². The second-order valence-electron chi connectivity index (χ2n) is 6.05. The van der Waals surface area contributed by atoms with E-state index in [1.54, 1.807) is 14.0 Å². The molecule has 1 aliphatic heterocycles. The monoisotopic (exact) mass is 302 g/mol. The number of rotatable bonds is 10. The highest BCUT2D eigenvalue weighted by Gasteiger charge is 2.44. The van der Waals surface area contributed by atoms with Crippen molar-refractivity contribution in [3.63, 3.8) is 0 Å². The van der Waals surface area contributed by atoms with Gasteiger partial charge in [0.2, 0.25) is 0 Å². The Kier molecular flexibility index (Phi) is 7.84. The van der Waals surface area contributed by atoms with Gasteiger partial charge in [-0.2, -0.15) is 0 Å². The molecule has 0 saturated carbocycles. The third-order valence-electron chi connectivity index (χ3n) is 3.50. The van der Waals surface area contributed by atoms with Crippen LogP contribution in [0.3, 0.4) is 0 Å². The molecule has 0 bridgehead atoms. The first kappa shape index (κ1) is 18.6. The van der Waals surface area contributed by atoms with E-state index in [0.29, 0.717) is 6.42 Å². The molecule has 4 atom stereocenters. The molecule has 1 aliphatic rings. The fourth-order valence-corrected chi connectivity index (χ4v) is 2.63. The third-order valence-corrected chi connectivity index (χ3v) is 3.50. The van der Waals surface area contributed by atoms with Crippen molar-refractivity contribution in [1.82, 2.24) is 0 Å². The highest BCUT2D eigenvalue weighted by atomic mass is 16.8. The van der Waals surface area contributed by atoms with Crippen molar-refractivity contribution in [3.8, 4) is 0 Å². The highest BCUT2D eigenvalue weighted by Crippen LogP contribution is 2.34. The second-order valence-corrected chi connectivity index (χ2v) is 6.05. The summed E-state index contributed by atoms with van der Waals surface area (Å²) < 4.78 is 22.7. The highest BCUT2D eigenvalue weighted by molar-refractivity contribution is 4.90. The largest absolute Gasteiger partial charge is 0.393 e. The number of hydrogen-bond donors (Lipinski definition) is 1. The minimum atomic E-state index is -0.615. The van der Waals surface area contributed by atoms with E-state index in [2.05, 4.69) is 6.58 Å². The predicted molar refractivity (Wildman–Crippen MR) is 80.9 cm³/mol. The maximum Gasteiger partial charge on any atom is 0.163 e. The van der Waals surface area contributed by atoms with Crippen molar-refractivity contribution >= 4 is 0 Å². The smallest absolute Gasteiger partial charge is 0.163 e. The Bertz CT molecular complexity index is 303. The van der Waals surface area contributed by atoms with Crippen molar-refractivity contribution in [1.29, 1.82) is 0 Å². The Morgan fingerprint density at radius 1 is 1.38 bits per heavy atom. The lowest BCUT2D eigenvalue weighted by Gasteiger charge is -2.26. The summed E-state index contributed by atoms with van der Waals surface area (Å²) in [6.07, 6.45) is 4.38. The lowest BCUT2D eigenvalue weighted by molar-refractivity contribution is -0.169. The van der Waals surface area contributed by atoms with Crippen molar-refractivity contribution in [2.45, 2.75) is 76.7 Å². The van der Waals surface area contributed by atoms with Gasteiger partial charge in [0.05, 0.1) is 18.3 Å². The van der Waals surface area contributed by atoms with Gasteiger partial charge >= 0.3 is 0 Å². The molecule has 0 aromatic heterocycles. The zero-order valence-electron chi connectivity index (χ0n) is 13.7. The molecule has 21 heavy (non-hydrogen) atoms. The van der Waals surface area contributed by atoms with Crippen LogP contribution in [0.5, 0.6) is 0 Å². The molecule has 0 aromatic rings. The molecular formula is C16H30O5. The molecule has 0 unspecified atom stereocenters. The molecule has 1 heterocycles. The van der Waals surface area contributed by atoms with E-state index in [0.717, 1.165) is 19.3 Å². The van der Waals surface area contributed by atoms with Gasteiger partial charge in [-0.1, -0.05) is 6.08 Å². The van der Waals surface area contributed by atoms with Crippen LogP contribution in [0.1, 0.15) is 46.5 Å². The summed E-state index contributed by atoms with van der Waals surface area (Å²) in [5, 5.41) is 9.38. The number of aliphatic hydroxyl groups excluding tert-OH is 1. The van der Waals surface area contributed by atoms with Crippen molar-refractivity contribution in [2.75, 3.05) is 13.9 Å². The van der Waals surface area contributed by atoms with Crippen LogP contribution < -0.4 is 0 Å². The summed E-state index contributed by atoms with van der Waals surface area (Å²) in [5.74, 6) is -0.615. The molecule has 1 fully saturated rings. The number of methoxy groups -OCH3 is 1. The van der Waals surface area contributed by atoms with E-state index < -0.39 is 5.79 Å². The minimum absolute atomic E-state index is 0.0412. The standard InChI is InChI=1S/C16H30O5/c1-6-8-13(19-11-18-5)15-14(10-7-9-12(2)17)20-16(3,4)21-15/h6,12-15,17H,1,7-11H2,2-5H3/t12-,13+,14+,15+/m1/s1. The van der Waals surface area contributed by atoms with Crippen LogP contribution in [0.2, 0.25) is 0 Å². The van der Waals surface area contributed by atoms with E-state index in [-0.39, 0.29) is 31.2 Å². The Labute approximate surface area is 128 Å². The molecule has 0 aromatic carbocycles. The fraction of sp³-hybridized carbons (Fsp3) is 0.875. The van der Waals surface area contributed by atoms with E-state index >= 15 is 0 Å². The molecule has 1 saturated heterocycles. The molecule has 1 rings (SSSR count). The molecule has 0 aliphatic carbocycles. The van der Waals surface area contributed by atoms with Gasteiger partial charge in [-0.25, -0.2) is 0 Å². The van der Waals surface area contributed by atoms with Crippen LogP contribution in [0.25, 0.3) is 0 Å². The third kappa shape index (κ3) is 6.45. The first-order chi connectivity index (χ1) is 9.89. The van der Waals surface area contributed by atoms with Gasteiger partial charge in [-0.3, -0.25) is 0 Å². The summed E-state index contributed by atoms with van der Waals surface area (Å²) in [5.41, 5.74) is 0. The zero-order valence-corrected chi connectivity index (χ0v) is 13.7. The summed E-state index contributed by atoms with van der Waals surface area (Å²) >= 11 is 0. The Balaban J connectivity index is 2.65. The average Bonchev–Trinajstić information content (AvgIpc) is 2.69. The van der Waals surface area contributed by atoms with Gasteiger partial charge in [-0.05, 0) is 46.5 Å².